The van der Waals surface area contributed by atoms with Gasteiger partial charge in [0.2, 0.25) is 5.89 Å². The van der Waals surface area contributed by atoms with Crippen LogP contribution in [0.15, 0.2) is 50.1 Å². The number of ether oxygens (including phenoxy) is 1. The molecule has 0 spiro atoms. The number of halogens is 1. The molecule has 200 valence electrons. The van der Waals surface area contributed by atoms with E-state index >= 15 is 0 Å². The van der Waals surface area contributed by atoms with E-state index in [0.717, 1.165) is 42.8 Å². The Balaban J connectivity index is 1.03. The third-order valence-corrected chi connectivity index (χ3v) is 9.00. The van der Waals surface area contributed by atoms with Crippen molar-refractivity contribution in [2.45, 2.75) is 61.7 Å². The number of hydrogen-bond acceptors (Lipinski definition) is 8. The molecule has 2 aliphatic heterocycles. The summed E-state index contributed by atoms with van der Waals surface area (Å²) in [5.41, 5.74) is 3.32. The lowest BCUT2D eigenvalue weighted by molar-refractivity contribution is 0.0599. The first-order valence-corrected chi connectivity index (χ1v) is 14.3. The number of rotatable bonds is 7. The Morgan fingerprint density at radius 2 is 2.00 bits per heavy atom. The molecule has 0 bridgehead atoms. The molecule has 2 aromatic heterocycles. The van der Waals surface area contributed by atoms with Crippen LogP contribution >= 0.6 is 23.4 Å². The molecule has 1 saturated heterocycles. The van der Waals surface area contributed by atoms with Crippen LogP contribution in [-0.4, -0.2) is 57.3 Å². The van der Waals surface area contributed by atoms with Crippen molar-refractivity contribution in [1.82, 2.24) is 15.1 Å². The number of β-amino-alcohol motifs (C(OH)–C–C–N with tert-alkyl or cyclic N) is 1. The second kappa shape index (κ2) is 10.2. The molecule has 0 unspecified atom stereocenters. The number of aromatic nitrogens is 2. The van der Waals surface area contributed by atoms with E-state index in [0.29, 0.717) is 41.3 Å². The summed E-state index contributed by atoms with van der Waals surface area (Å²) in [5, 5.41) is 20.4. The first-order chi connectivity index (χ1) is 18.2. The van der Waals surface area contributed by atoms with E-state index in [1.54, 1.807) is 6.92 Å². The zero-order chi connectivity index (χ0) is 26.4. The fourth-order valence-corrected chi connectivity index (χ4v) is 7.20. The van der Waals surface area contributed by atoms with Crippen LogP contribution in [0.4, 0.5) is 0 Å². The van der Waals surface area contributed by atoms with Gasteiger partial charge in [-0.2, -0.15) is 0 Å². The Morgan fingerprint density at radius 3 is 2.76 bits per heavy atom. The summed E-state index contributed by atoms with van der Waals surface area (Å²) < 4.78 is 17.6. The van der Waals surface area contributed by atoms with Gasteiger partial charge in [0.25, 0.3) is 5.89 Å². The van der Waals surface area contributed by atoms with Crippen molar-refractivity contribution in [3.8, 4) is 17.4 Å². The number of fused-ring (bicyclic) bond motifs is 2. The van der Waals surface area contributed by atoms with Crippen LogP contribution in [0.1, 0.15) is 49.6 Å². The van der Waals surface area contributed by atoms with Crippen LogP contribution in [0.25, 0.3) is 22.6 Å². The summed E-state index contributed by atoms with van der Waals surface area (Å²) in [6, 6.07) is 12.0. The summed E-state index contributed by atoms with van der Waals surface area (Å²) >= 11 is 8.63. The number of furan rings is 1. The molecule has 6 rings (SSSR count). The Bertz CT molecular complexity index is 1460. The van der Waals surface area contributed by atoms with Gasteiger partial charge >= 0.3 is 0 Å². The maximum Gasteiger partial charge on any atom is 0.283 e. The molecule has 9 heteroatoms. The van der Waals surface area contributed by atoms with Gasteiger partial charge in [0, 0.05) is 34.2 Å². The van der Waals surface area contributed by atoms with Gasteiger partial charge in [-0.15, -0.1) is 22.0 Å². The normalized spacial score (nSPS) is 18.7. The Hall–Kier alpha value is -2.52. The SMILES string of the molecule is Cc1nnc(-c2cc3c(OC[C@@H](O)CN4CCC(c5cc(Cl)c6c(c5)SC(C)(C)C6)CC4)cccc3o2)o1. The van der Waals surface area contributed by atoms with Crippen molar-refractivity contribution in [3.63, 3.8) is 0 Å². The fraction of sp³-hybridized carbons (Fsp3) is 0.448. The lowest BCUT2D eigenvalue weighted by Crippen LogP contribution is -2.40. The standard InChI is InChI=1S/C29H32ClN3O4S/c1-17-31-32-28(36-17)26-13-21-24(5-4-6-25(21)37-26)35-16-20(34)15-33-9-7-18(8-10-33)19-11-23(30)22-14-29(2,3)38-27(22)12-19/h4-6,11-13,18,20,34H,7-10,14-16H2,1-3H3/t20-/m0/s1. The molecule has 0 saturated carbocycles. The molecule has 1 fully saturated rings. The van der Waals surface area contributed by atoms with E-state index < -0.39 is 6.10 Å². The maximum atomic E-state index is 10.8. The molecule has 38 heavy (non-hydrogen) atoms. The monoisotopic (exact) mass is 553 g/mol. The van der Waals surface area contributed by atoms with E-state index in [4.69, 9.17) is 25.2 Å². The van der Waals surface area contributed by atoms with Gasteiger partial charge in [-0.05, 0) is 73.7 Å². The minimum absolute atomic E-state index is 0.201. The van der Waals surface area contributed by atoms with Crippen LogP contribution in [0.5, 0.6) is 5.75 Å². The fourth-order valence-electron chi connectivity index (χ4n) is 5.54. The van der Waals surface area contributed by atoms with E-state index in [1.165, 1.54) is 16.0 Å². The van der Waals surface area contributed by atoms with Gasteiger partial charge in [0.05, 0.1) is 5.39 Å². The molecule has 1 atom stereocenters. The topological polar surface area (TPSA) is 84.8 Å². The van der Waals surface area contributed by atoms with Crippen molar-refractivity contribution in [2.24, 2.45) is 0 Å². The van der Waals surface area contributed by atoms with Crippen LogP contribution in [0.2, 0.25) is 5.02 Å². The Kier molecular flexibility index (Phi) is 6.93. The maximum absolute atomic E-state index is 10.8. The minimum atomic E-state index is -0.597. The number of benzene rings is 2. The molecule has 7 nitrogen and oxygen atoms in total. The highest BCUT2D eigenvalue weighted by Crippen LogP contribution is 2.48. The lowest BCUT2D eigenvalue weighted by atomic mass is 9.88. The van der Waals surface area contributed by atoms with Crippen LogP contribution < -0.4 is 4.74 Å². The summed E-state index contributed by atoms with van der Waals surface area (Å²) in [6.45, 7) is 8.97. The largest absolute Gasteiger partial charge is 0.490 e. The first kappa shape index (κ1) is 25.7. The van der Waals surface area contributed by atoms with Gasteiger partial charge in [-0.25, -0.2) is 0 Å². The molecular weight excluding hydrogens is 522 g/mol. The zero-order valence-corrected chi connectivity index (χ0v) is 23.4. The highest BCUT2D eigenvalue weighted by Gasteiger charge is 2.32. The van der Waals surface area contributed by atoms with Crippen LogP contribution in [0, 0.1) is 6.92 Å². The summed E-state index contributed by atoms with van der Waals surface area (Å²) in [7, 11) is 0. The van der Waals surface area contributed by atoms with E-state index in [2.05, 4.69) is 41.1 Å². The smallest absolute Gasteiger partial charge is 0.283 e. The molecule has 1 N–H and O–H groups in total. The van der Waals surface area contributed by atoms with E-state index in [-0.39, 0.29) is 11.4 Å². The number of hydrogen-bond donors (Lipinski definition) is 1. The van der Waals surface area contributed by atoms with E-state index in [9.17, 15) is 5.11 Å². The molecule has 0 radical (unpaired) electrons. The minimum Gasteiger partial charge on any atom is -0.490 e. The quantitative estimate of drug-likeness (QED) is 0.278. The van der Waals surface area contributed by atoms with Crippen molar-refractivity contribution in [1.29, 1.82) is 0 Å². The molecule has 4 heterocycles. The predicted octanol–water partition coefficient (Wildman–Crippen LogP) is 6.49. The number of aliphatic hydroxyl groups excluding tert-OH is 1. The van der Waals surface area contributed by atoms with E-state index in [1.807, 2.05) is 36.0 Å². The number of aliphatic hydroxyl groups is 1. The second-order valence-electron chi connectivity index (χ2n) is 11.0. The molecule has 4 aromatic rings. The summed E-state index contributed by atoms with van der Waals surface area (Å²) in [5.74, 6) is 2.45. The Morgan fingerprint density at radius 1 is 1.18 bits per heavy atom. The summed E-state index contributed by atoms with van der Waals surface area (Å²) in [4.78, 5) is 3.67. The van der Waals surface area contributed by atoms with Crippen molar-refractivity contribution >= 4 is 34.3 Å². The number of nitrogens with zero attached hydrogens (tertiary/aromatic N) is 3. The van der Waals surface area contributed by atoms with Gasteiger partial charge in [-0.3, -0.25) is 0 Å². The summed E-state index contributed by atoms with van der Waals surface area (Å²) in [6.07, 6.45) is 2.55. The molecular formula is C29H32ClN3O4S. The van der Waals surface area contributed by atoms with Gasteiger partial charge in [-0.1, -0.05) is 31.5 Å². The predicted molar refractivity (Wildman–Crippen MR) is 149 cm³/mol. The molecule has 0 amide bonds. The third kappa shape index (κ3) is 5.32. The van der Waals surface area contributed by atoms with Gasteiger partial charge < -0.3 is 23.6 Å². The number of likely N-dealkylation sites (tertiary alicyclic amines) is 1. The average Bonchev–Trinajstić information content (AvgIpc) is 3.59. The van der Waals surface area contributed by atoms with Crippen molar-refractivity contribution < 1.29 is 18.7 Å². The molecule has 2 aromatic carbocycles. The Labute approximate surface area is 231 Å². The van der Waals surface area contributed by atoms with Crippen molar-refractivity contribution in [3.05, 3.63) is 58.4 Å². The van der Waals surface area contributed by atoms with Crippen LogP contribution in [0.3, 0.4) is 0 Å². The second-order valence-corrected chi connectivity index (χ2v) is 13.1. The first-order valence-electron chi connectivity index (χ1n) is 13.1. The number of aryl methyl sites for hydroxylation is 1. The number of thioether (sulfide) groups is 1. The van der Waals surface area contributed by atoms with Crippen molar-refractivity contribution in [2.75, 3.05) is 26.2 Å². The number of piperidine rings is 1. The molecule has 2 aliphatic rings. The molecule has 0 aliphatic carbocycles. The lowest BCUT2D eigenvalue weighted by Gasteiger charge is -2.33. The van der Waals surface area contributed by atoms with Gasteiger partial charge in [0.1, 0.15) is 24.0 Å². The van der Waals surface area contributed by atoms with Crippen LogP contribution in [-0.2, 0) is 6.42 Å². The third-order valence-electron chi connectivity index (χ3n) is 7.38. The average molecular weight is 554 g/mol. The highest BCUT2D eigenvalue weighted by atomic mass is 35.5. The highest BCUT2D eigenvalue weighted by molar-refractivity contribution is 8.01. The zero-order valence-electron chi connectivity index (χ0n) is 21.9. The van der Waals surface area contributed by atoms with Gasteiger partial charge in [0.15, 0.2) is 5.76 Å².